The first kappa shape index (κ1) is 20.1. The molecule has 0 saturated carbocycles. The van der Waals surface area contributed by atoms with Crippen LogP contribution >= 0.6 is 0 Å². The van der Waals surface area contributed by atoms with Crippen LogP contribution in [0.1, 0.15) is 36.4 Å². The molecule has 0 unspecified atom stereocenters. The smallest absolute Gasteiger partial charge is 0.250 e. The molecule has 2 N–H and O–H groups in total. The Balaban J connectivity index is 1.06. The van der Waals surface area contributed by atoms with Gasteiger partial charge in [0.25, 0.3) is 5.56 Å². The second kappa shape index (κ2) is 8.71. The van der Waals surface area contributed by atoms with Gasteiger partial charge in [0.05, 0.1) is 0 Å². The van der Waals surface area contributed by atoms with E-state index in [1.807, 2.05) is 16.7 Å². The first-order valence-corrected chi connectivity index (χ1v) is 11.4. The Bertz CT molecular complexity index is 1130. The summed E-state index contributed by atoms with van der Waals surface area (Å²) in [4.78, 5) is 30.2. The van der Waals surface area contributed by atoms with Gasteiger partial charge in [-0.15, -0.1) is 0 Å². The van der Waals surface area contributed by atoms with Gasteiger partial charge >= 0.3 is 0 Å². The van der Waals surface area contributed by atoms with Crippen LogP contribution in [0.3, 0.4) is 0 Å². The van der Waals surface area contributed by atoms with Crippen molar-refractivity contribution in [1.82, 2.24) is 19.8 Å². The van der Waals surface area contributed by atoms with Gasteiger partial charge in [0.15, 0.2) is 0 Å². The summed E-state index contributed by atoms with van der Waals surface area (Å²) in [5, 5.41) is 4.35. The second-order valence-corrected chi connectivity index (χ2v) is 9.02. The van der Waals surface area contributed by atoms with Crippen LogP contribution in [0, 0.1) is 5.92 Å². The van der Waals surface area contributed by atoms with E-state index in [-0.39, 0.29) is 11.5 Å². The van der Waals surface area contributed by atoms with Crippen molar-refractivity contribution in [2.75, 3.05) is 26.2 Å². The molecule has 162 valence electrons. The number of aromatic nitrogens is 2. The fourth-order valence-corrected chi connectivity index (χ4v) is 5.40. The number of amides is 1. The number of nitrogens with zero attached hydrogens (tertiary/aromatic N) is 2. The van der Waals surface area contributed by atoms with Gasteiger partial charge in [-0.2, -0.15) is 0 Å². The number of carbonyl (C=O) groups is 1. The van der Waals surface area contributed by atoms with E-state index in [0.717, 1.165) is 44.5 Å². The number of benzene rings is 1. The lowest BCUT2D eigenvalue weighted by Gasteiger charge is -2.42. The number of H-pyrrole nitrogens is 1. The molecule has 5 rings (SSSR count). The van der Waals surface area contributed by atoms with Crippen LogP contribution < -0.4 is 10.9 Å². The van der Waals surface area contributed by atoms with Crippen molar-refractivity contribution < 1.29 is 4.79 Å². The Kier molecular flexibility index (Phi) is 5.64. The molecule has 2 aliphatic rings. The Morgan fingerprint density at radius 3 is 2.94 bits per heavy atom. The highest BCUT2D eigenvalue weighted by Gasteiger charge is 2.34. The normalized spacial score (nSPS) is 20.5. The van der Waals surface area contributed by atoms with Crippen LogP contribution in [-0.2, 0) is 17.8 Å². The zero-order chi connectivity index (χ0) is 21.2. The van der Waals surface area contributed by atoms with E-state index in [9.17, 15) is 9.59 Å². The summed E-state index contributed by atoms with van der Waals surface area (Å²) in [5.41, 5.74) is 3.73. The van der Waals surface area contributed by atoms with Gasteiger partial charge in [0.1, 0.15) is 0 Å². The van der Waals surface area contributed by atoms with Crippen molar-refractivity contribution >= 4 is 16.8 Å². The minimum Gasteiger partial charge on any atom is -0.361 e. The monoisotopic (exact) mass is 418 g/mol. The second-order valence-electron chi connectivity index (χ2n) is 9.02. The molecule has 1 saturated heterocycles. The molecule has 3 aromatic rings. The molecule has 0 radical (unpaired) electrons. The summed E-state index contributed by atoms with van der Waals surface area (Å²) in [6, 6.07) is 13.9. The fourth-order valence-electron chi connectivity index (χ4n) is 5.40. The number of fused-ring (bicyclic) bond motifs is 5. The number of para-hydroxylation sites is 1. The molecule has 2 atom stereocenters. The molecular formula is C25H30N4O2. The number of likely N-dealkylation sites (tertiary alicyclic amines) is 1. The fraction of sp³-hybridized carbons (Fsp3) is 0.440. The predicted octanol–water partition coefficient (Wildman–Crippen LogP) is 2.89. The molecule has 2 aliphatic heterocycles. The number of hydrogen-bond donors (Lipinski definition) is 2. The van der Waals surface area contributed by atoms with Crippen LogP contribution in [0.25, 0.3) is 10.9 Å². The first-order valence-electron chi connectivity index (χ1n) is 11.4. The first-order chi connectivity index (χ1) is 15.2. The third kappa shape index (κ3) is 4.30. The Morgan fingerprint density at radius 1 is 1.10 bits per heavy atom. The van der Waals surface area contributed by atoms with E-state index < -0.39 is 0 Å². The molecule has 6 heteroatoms. The molecule has 6 nitrogen and oxygen atoms in total. The zero-order valence-electron chi connectivity index (χ0n) is 17.8. The van der Waals surface area contributed by atoms with Gasteiger partial charge in [-0.3, -0.25) is 9.59 Å². The highest BCUT2D eigenvalue weighted by molar-refractivity contribution is 5.83. The average Bonchev–Trinajstić information content (AvgIpc) is 3.18. The van der Waals surface area contributed by atoms with E-state index in [2.05, 4.69) is 45.7 Å². The number of aromatic amines is 1. The summed E-state index contributed by atoms with van der Waals surface area (Å²) in [7, 11) is 0. The molecule has 31 heavy (non-hydrogen) atoms. The Labute approximate surface area is 182 Å². The quantitative estimate of drug-likeness (QED) is 0.620. The van der Waals surface area contributed by atoms with Crippen molar-refractivity contribution in [1.29, 1.82) is 0 Å². The molecule has 1 fully saturated rings. The highest BCUT2D eigenvalue weighted by atomic mass is 16.1. The molecule has 0 aliphatic carbocycles. The molecule has 2 bridgehead atoms. The van der Waals surface area contributed by atoms with E-state index in [1.165, 1.54) is 23.1 Å². The third-order valence-corrected chi connectivity index (χ3v) is 6.83. The largest absolute Gasteiger partial charge is 0.361 e. The number of rotatable bonds is 7. The number of carbonyl (C=O) groups excluding carboxylic acids is 1. The Morgan fingerprint density at radius 2 is 2.00 bits per heavy atom. The van der Waals surface area contributed by atoms with Crippen molar-refractivity contribution in [3.63, 3.8) is 0 Å². The van der Waals surface area contributed by atoms with Crippen LogP contribution in [-0.4, -0.2) is 46.5 Å². The number of nitrogens with one attached hydrogen (secondary N) is 2. The van der Waals surface area contributed by atoms with E-state index >= 15 is 0 Å². The van der Waals surface area contributed by atoms with Crippen LogP contribution in [0.5, 0.6) is 0 Å². The van der Waals surface area contributed by atoms with Crippen LogP contribution in [0.15, 0.2) is 53.5 Å². The van der Waals surface area contributed by atoms with E-state index in [1.54, 1.807) is 6.07 Å². The molecular weight excluding hydrogens is 388 g/mol. The highest BCUT2D eigenvalue weighted by Crippen LogP contribution is 2.34. The van der Waals surface area contributed by atoms with Gasteiger partial charge in [-0.25, -0.2) is 0 Å². The van der Waals surface area contributed by atoms with Gasteiger partial charge in [0, 0.05) is 73.9 Å². The Hall–Kier alpha value is -2.86. The lowest BCUT2D eigenvalue weighted by molar-refractivity contribution is -0.121. The van der Waals surface area contributed by atoms with E-state index in [0.29, 0.717) is 24.8 Å². The average molecular weight is 419 g/mol. The van der Waals surface area contributed by atoms with Gasteiger partial charge < -0.3 is 19.8 Å². The maximum Gasteiger partial charge on any atom is 0.250 e. The maximum atomic E-state index is 12.3. The zero-order valence-corrected chi connectivity index (χ0v) is 17.8. The van der Waals surface area contributed by atoms with E-state index in [4.69, 9.17) is 0 Å². The minimum absolute atomic E-state index is 0.126. The maximum absolute atomic E-state index is 12.3. The van der Waals surface area contributed by atoms with Gasteiger partial charge in [-0.05, 0) is 42.9 Å². The van der Waals surface area contributed by atoms with Crippen molar-refractivity contribution in [3.05, 3.63) is 70.3 Å². The molecule has 1 amide bonds. The summed E-state index contributed by atoms with van der Waals surface area (Å²) in [6.07, 6.45) is 5.54. The summed E-state index contributed by atoms with van der Waals surface area (Å²) in [6.45, 7) is 4.36. The molecule has 4 heterocycles. The van der Waals surface area contributed by atoms with Gasteiger partial charge in [-0.1, -0.05) is 24.3 Å². The number of hydrogen-bond acceptors (Lipinski definition) is 3. The van der Waals surface area contributed by atoms with Crippen molar-refractivity contribution in [3.8, 4) is 0 Å². The van der Waals surface area contributed by atoms with Crippen molar-refractivity contribution in [2.24, 2.45) is 5.92 Å². The summed E-state index contributed by atoms with van der Waals surface area (Å²) < 4.78 is 1.96. The lowest BCUT2D eigenvalue weighted by atomic mass is 9.83. The molecule has 1 aromatic carbocycles. The number of piperidine rings is 1. The summed E-state index contributed by atoms with van der Waals surface area (Å²) in [5.74, 6) is 1.08. The van der Waals surface area contributed by atoms with Crippen LogP contribution in [0.4, 0.5) is 0 Å². The predicted molar refractivity (Wildman–Crippen MR) is 122 cm³/mol. The van der Waals surface area contributed by atoms with Gasteiger partial charge in [0.2, 0.25) is 5.91 Å². The SMILES string of the molecule is O=C(CCCc1c[nH]c2ccccc12)NCCN1C[C@H]2C[C@@H](C1)c1cccc(=O)n1C2. The molecule has 0 spiro atoms. The minimum atomic E-state index is 0.126. The summed E-state index contributed by atoms with van der Waals surface area (Å²) >= 11 is 0. The standard InChI is InChI=1S/C25H30N4O2/c30-24(9-3-5-19-14-27-22-7-2-1-6-21(19)22)26-11-12-28-15-18-13-20(17-28)23-8-4-10-25(31)29(23)16-18/h1-2,4,6-8,10,14,18,20,27H,3,5,9,11-13,15-17H2,(H,26,30)/t18-,20+/m1/s1. The third-order valence-electron chi connectivity index (χ3n) is 6.83. The van der Waals surface area contributed by atoms with Crippen LogP contribution in [0.2, 0.25) is 0 Å². The number of aryl methyl sites for hydroxylation is 1. The lowest BCUT2D eigenvalue weighted by Crippen LogP contribution is -2.48. The van der Waals surface area contributed by atoms with Crippen molar-refractivity contribution in [2.45, 2.75) is 38.1 Å². The molecule has 2 aromatic heterocycles. The number of pyridine rings is 1. The topological polar surface area (TPSA) is 70.1 Å².